The summed E-state index contributed by atoms with van der Waals surface area (Å²) in [6, 6.07) is 12.6. The van der Waals surface area contributed by atoms with E-state index >= 15 is 0 Å². The second-order valence-electron chi connectivity index (χ2n) is 5.61. The van der Waals surface area contributed by atoms with Crippen molar-refractivity contribution in [2.45, 2.75) is 33.0 Å². The Hall–Kier alpha value is -2.40. The van der Waals surface area contributed by atoms with Crippen LogP contribution >= 0.6 is 0 Å². The molecule has 0 saturated carbocycles. The van der Waals surface area contributed by atoms with Crippen molar-refractivity contribution in [1.29, 1.82) is 0 Å². The van der Waals surface area contributed by atoms with Crippen LogP contribution in [0.15, 0.2) is 42.5 Å². The first-order valence-corrected chi connectivity index (χ1v) is 7.63. The van der Waals surface area contributed by atoms with Gasteiger partial charge in [0.25, 0.3) is 5.91 Å². The number of benzene rings is 1. The Bertz CT molecular complexity index is 671. The Morgan fingerprint density at radius 3 is 2.65 bits per heavy atom. The van der Waals surface area contributed by atoms with Gasteiger partial charge in [-0.05, 0) is 38.0 Å². The molecule has 122 valence electrons. The van der Waals surface area contributed by atoms with Crippen molar-refractivity contribution in [3.8, 4) is 5.88 Å². The first-order chi connectivity index (χ1) is 11.0. The lowest BCUT2D eigenvalue weighted by Crippen LogP contribution is -2.29. The zero-order chi connectivity index (χ0) is 16.8. The van der Waals surface area contributed by atoms with Crippen LogP contribution in [0.2, 0.25) is 0 Å². The summed E-state index contributed by atoms with van der Waals surface area (Å²) in [6.07, 6.45) is -0.765. The molecule has 1 aromatic heterocycles. The van der Waals surface area contributed by atoms with Crippen LogP contribution in [0.4, 0.5) is 0 Å². The number of carbonyl (C=O) groups is 1. The number of hydrogen-bond acceptors (Lipinski definition) is 4. The summed E-state index contributed by atoms with van der Waals surface area (Å²) >= 11 is 0. The van der Waals surface area contributed by atoms with Gasteiger partial charge in [0.15, 0.2) is 0 Å². The number of aryl methyl sites for hydroxylation is 1. The summed E-state index contributed by atoms with van der Waals surface area (Å²) in [5.41, 5.74) is 2.05. The maximum Gasteiger partial charge on any atom is 0.270 e. The standard InChI is InChI=1S/C18H22N2O3/c1-12(2)23-17-10-6-9-15(20-17)18(22)19-11-16(21)14-8-5-4-7-13(14)3/h4-10,12,16,21H,11H2,1-3H3,(H,19,22). The van der Waals surface area contributed by atoms with Gasteiger partial charge < -0.3 is 15.2 Å². The minimum absolute atomic E-state index is 0.0105. The van der Waals surface area contributed by atoms with Gasteiger partial charge in [-0.3, -0.25) is 4.79 Å². The number of aliphatic hydroxyl groups excluding tert-OH is 1. The van der Waals surface area contributed by atoms with Crippen LogP contribution in [0, 0.1) is 6.92 Å². The second-order valence-corrected chi connectivity index (χ2v) is 5.61. The molecule has 23 heavy (non-hydrogen) atoms. The smallest absolute Gasteiger partial charge is 0.270 e. The third-order valence-corrected chi connectivity index (χ3v) is 3.32. The molecule has 0 aliphatic carbocycles. The fraction of sp³-hybridized carbons (Fsp3) is 0.333. The van der Waals surface area contributed by atoms with Crippen molar-refractivity contribution in [3.05, 3.63) is 59.3 Å². The number of amides is 1. The Labute approximate surface area is 136 Å². The SMILES string of the molecule is Cc1ccccc1C(O)CNC(=O)c1cccc(OC(C)C)n1. The third kappa shape index (κ3) is 4.79. The number of pyridine rings is 1. The van der Waals surface area contributed by atoms with Gasteiger partial charge in [-0.15, -0.1) is 0 Å². The van der Waals surface area contributed by atoms with Crippen molar-refractivity contribution in [2.75, 3.05) is 6.54 Å². The number of nitrogens with zero attached hydrogens (tertiary/aromatic N) is 1. The molecular formula is C18H22N2O3. The number of carbonyl (C=O) groups excluding carboxylic acids is 1. The Morgan fingerprint density at radius 2 is 1.96 bits per heavy atom. The van der Waals surface area contributed by atoms with E-state index in [1.807, 2.05) is 45.0 Å². The highest BCUT2D eigenvalue weighted by molar-refractivity contribution is 5.92. The first kappa shape index (κ1) is 17.0. The highest BCUT2D eigenvalue weighted by atomic mass is 16.5. The summed E-state index contributed by atoms with van der Waals surface area (Å²) in [6.45, 7) is 5.84. The molecule has 2 aromatic rings. The Balaban J connectivity index is 1.98. The molecule has 5 heteroatoms. The van der Waals surface area contributed by atoms with Crippen molar-refractivity contribution < 1.29 is 14.6 Å². The Kier molecular flexibility index (Phi) is 5.71. The van der Waals surface area contributed by atoms with Crippen LogP contribution in [0.3, 0.4) is 0 Å². The largest absolute Gasteiger partial charge is 0.475 e. The molecule has 1 aromatic carbocycles. The fourth-order valence-electron chi connectivity index (χ4n) is 2.20. The lowest BCUT2D eigenvalue weighted by Gasteiger charge is -2.14. The lowest BCUT2D eigenvalue weighted by atomic mass is 10.0. The summed E-state index contributed by atoms with van der Waals surface area (Å²) in [7, 11) is 0. The fourth-order valence-corrected chi connectivity index (χ4v) is 2.20. The van der Waals surface area contributed by atoms with Gasteiger partial charge in [0.05, 0.1) is 12.2 Å². The molecular weight excluding hydrogens is 292 g/mol. The van der Waals surface area contributed by atoms with Crippen LogP contribution in [-0.4, -0.2) is 28.6 Å². The molecule has 0 bridgehead atoms. The molecule has 1 unspecified atom stereocenters. The second kappa shape index (κ2) is 7.74. The topological polar surface area (TPSA) is 71.5 Å². The first-order valence-electron chi connectivity index (χ1n) is 7.63. The van der Waals surface area contributed by atoms with Crippen molar-refractivity contribution >= 4 is 5.91 Å². The van der Waals surface area contributed by atoms with E-state index in [1.165, 1.54) is 0 Å². The summed E-state index contributed by atoms with van der Waals surface area (Å²) in [5, 5.41) is 12.9. The summed E-state index contributed by atoms with van der Waals surface area (Å²) in [4.78, 5) is 16.3. The van der Waals surface area contributed by atoms with E-state index in [9.17, 15) is 9.90 Å². The molecule has 0 spiro atoms. The van der Waals surface area contributed by atoms with E-state index < -0.39 is 6.10 Å². The zero-order valence-corrected chi connectivity index (χ0v) is 13.6. The van der Waals surface area contributed by atoms with Crippen LogP contribution < -0.4 is 10.1 Å². The molecule has 5 nitrogen and oxygen atoms in total. The predicted octanol–water partition coefficient (Wildman–Crippen LogP) is 2.64. The van der Waals surface area contributed by atoms with Crippen molar-refractivity contribution in [3.63, 3.8) is 0 Å². The van der Waals surface area contributed by atoms with E-state index in [0.29, 0.717) is 5.88 Å². The number of nitrogens with one attached hydrogen (secondary N) is 1. The molecule has 0 aliphatic heterocycles. The van der Waals surface area contributed by atoms with Gasteiger partial charge in [-0.1, -0.05) is 30.3 Å². The highest BCUT2D eigenvalue weighted by Crippen LogP contribution is 2.16. The van der Waals surface area contributed by atoms with Crippen LogP contribution in [0.25, 0.3) is 0 Å². The third-order valence-electron chi connectivity index (χ3n) is 3.32. The van der Waals surface area contributed by atoms with Gasteiger partial charge in [-0.2, -0.15) is 0 Å². The monoisotopic (exact) mass is 314 g/mol. The van der Waals surface area contributed by atoms with Gasteiger partial charge >= 0.3 is 0 Å². The van der Waals surface area contributed by atoms with Gasteiger partial charge in [0.1, 0.15) is 5.69 Å². The summed E-state index contributed by atoms with van der Waals surface area (Å²) in [5.74, 6) is 0.0685. The lowest BCUT2D eigenvalue weighted by molar-refractivity contribution is 0.0909. The van der Waals surface area contributed by atoms with Crippen LogP contribution in [0.5, 0.6) is 5.88 Å². The normalized spacial score (nSPS) is 12.0. The molecule has 0 saturated heterocycles. The highest BCUT2D eigenvalue weighted by Gasteiger charge is 2.14. The quantitative estimate of drug-likeness (QED) is 0.860. The van der Waals surface area contributed by atoms with E-state index in [2.05, 4.69) is 10.3 Å². The number of hydrogen-bond donors (Lipinski definition) is 2. The Morgan fingerprint density at radius 1 is 1.22 bits per heavy atom. The van der Waals surface area contributed by atoms with E-state index in [-0.39, 0.29) is 24.2 Å². The molecule has 0 fully saturated rings. The van der Waals surface area contributed by atoms with Gasteiger partial charge in [0, 0.05) is 12.6 Å². The number of aromatic nitrogens is 1. The average molecular weight is 314 g/mol. The molecule has 1 heterocycles. The number of ether oxygens (including phenoxy) is 1. The molecule has 1 amide bonds. The van der Waals surface area contributed by atoms with Crippen LogP contribution in [0.1, 0.15) is 41.6 Å². The van der Waals surface area contributed by atoms with E-state index in [1.54, 1.807) is 18.2 Å². The number of aliphatic hydroxyl groups is 1. The van der Waals surface area contributed by atoms with Crippen LogP contribution in [-0.2, 0) is 0 Å². The molecule has 0 radical (unpaired) electrons. The maximum atomic E-state index is 12.2. The predicted molar refractivity (Wildman–Crippen MR) is 88.5 cm³/mol. The van der Waals surface area contributed by atoms with Crippen molar-refractivity contribution in [2.24, 2.45) is 0 Å². The minimum Gasteiger partial charge on any atom is -0.475 e. The minimum atomic E-state index is -0.754. The van der Waals surface area contributed by atoms with Gasteiger partial charge in [-0.25, -0.2) is 4.98 Å². The number of rotatable bonds is 6. The van der Waals surface area contributed by atoms with E-state index in [4.69, 9.17) is 4.74 Å². The maximum absolute atomic E-state index is 12.2. The molecule has 1 atom stereocenters. The van der Waals surface area contributed by atoms with E-state index in [0.717, 1.165) is 11.1 Å². The molecule has 2 N–H and O–H groups in total. The summed E-state index contributed by atoms with van der Waals surface area (Å²) < 4.78 is 5.48. The zero-order valence-electron chi connectivity index (χ0n) is 13.6. The average Bonchev–Trinajstić information content (AvgIpc) is 2.52. The van der Waals surface area contributed by atoms with Gasteiger partial charge in [0.2, 0.25) is 5.88 Å². The molecule has 0 aliphatic rings. The van der Waals surface area contributed by atoms with Crippen molar-refractivity contribution in [1.82, 2.24) is 10.3 Å². The molecule has 2 rings (SSSR count).